The van der Waals surface area contributed by atoms with Crippen LogP contribution in [0.25, 0.3) is 0 Å². The van der Waals surface area contributed by atoms with Gasteiger partial charge in [0.25, 0.3) is 0 Å². The van der Waals surface area contributed by atoms with Gasteiger partial charge in [0.15, 0.2) is 0 Å². The summed E-state index contributed by atoms with van der Waals surface area (Å²) in [6.45, 7) is 0.864. The number of carbonyl (C=O) groups excluding carboxylic acids is 2. The van der Waals surface area contributed by atoms with E-state index in [9.17, 15) is 9.59 Å². The van der Waals surface area contributed by atoms with E-state index in [0.717, 1.165) is 25.8 Å². The number of benzene rings is 1. The van der Waals surface area contributed by atoms with E-state index in [-0.39, 0.29) is 11.9 Å². The topological polar surface area (TPSA) is 105 Å². The van der Waals surface area contributed by atoms with Gasteiger partial charge in [0.05, 0.1) is 18.8 Å². The Morgan fingerprint density at radius 1 is 1.33 bits per heavy atom. The van der Waals surface area contributed by atoms with E-state index in [1.807, 2.05) is 0 Å². The summed E-state index contributed by atoms with van der Waals surface area (Å²) in [6.07, 6.45) is 2.99. The van der Waals surface area contributed by atoms with Crippen molar-refractivity contribution >= 4 is 23.3 Å². The van der Waals surface area contributed by atoms with Gasteiger partial charge in [0, 0.05) is 11.8 Å². The molecule has 1 aliphatic rings. The van der Waals surface area contributed by atoms with Crippen molar-refractivity contribution in [1.82, 2.24) is 5.32 Å². The van der Waals surface area contributed by atoms with Crippen LogP contribution in [-0.4, -0.2) is 31.6 Å². The van der Waals surface area contributed by atoms with Crippen LogP contribution in [0.15, 0.2) is 18.2 Å². The Balaban J connectivity index is 2.06. The zero-order valence-corrected chi connectivity index (χ0v) is 11.9. The summed E-state index contributed by atoms with van der Waals surface area (Å²) in [6, 6.07) is 4.14. The SMILES string of the molecule is COc1cc(NC(=O)C2CCCCN2)ccc1NC(N)=O. The summed E-state index contributed by atoms with van der Waals surface area (Å²) in [5.74, 6) is 0.371. The second kappa shape index (κ2) is 6.94. The fourth-order valence-electron chi connectivity index (χ4n) is 2.31. The molecule has 3 amide bonds. The number of primary amides is 1. The largest absolute Gasteiger partial charge is 0.494 e. The molecule has 2 rings (SSSR count). The Morgan fingerprint density at radius 2 is 2.14 bits per heavy atom. The maximum Gasteiger partial charge on any atom is 0.316 e. The molecule has 0 aromatic heterocycles. The Hall–Kier alpha value is -2.28. The van der Waals surface area contributed by atoms with Crippen molar-refractivity contribution in [3.8, 4) is 5.75 Å². The van der Waals surface area contributed by atoms with Crippen LogP contribution in [0.1, 0.15) is 19.3 Å². The lowest BCUT2D eigenvalue weighted by atomic mass is 10.0. The molecule has 1 fully saturated rings. The van der Waals surface area contributed by atoms with Crippen molar-refractivity contribution in [3.63, 3.8) is 0 Å². The predicted molar refractivity (Wildman–Crippen MR) is 80.5 cm³/mol. The van der Waals surface area contributed by atoms with Crippen LogP contribution >= 0.6 is 0 Å². The summed E-state index contributed by atoms with van der Waals surface area (Å²) in [5, 5.41) is 8.49. The molecule has 1 aromatic carbocycles. The van der Waals surface area contributed by atoms with Gasteiger partial charge < -0.3 is 26.4 Å². The number of urea groups is 1. The number of nitrogens with two attached hydrogens (primary N) is 1. The third-order valence-corrected chi connectivity index (χ3v) is 3.35. The molecular weight excluding hydrogens is 272 g/mol. The molecule has 0 saturated carbocycles. The highest BCUT2D eigenvalue weighted by molar-refractivity contribution is 5.96. The van der Waals surface area contributed by atoms with Gasteiger partial charge in [-0.15, -0.1) is 0 Å². The van der Waals surface area contributed by atoms with E-state index >= 15 is 0 Å². The minimum absolute atomic E-state index is 0.0626. The number of rotatable bonds is 4. The standard InChI is InChI=1S/C14H20N4O3/c1-21-12-8-9(5-6-10(12)18-14(15)20)17-13(19)11-4-2-3-7-16-11/h5-6,8,11,16H,2-4,7H2,1H3,(H,17,19)(H3,15,18,20). The third kappa shape index (κ3) is 4.09. The molecule has 0 aliphatic carbocycles. The van der Waals surface area contributed by atoms with E-state index in [1.165, 1.54) is 7.11 Å². The summed E-state index contributed by atoms with van der Waals surface area (Å²) in [4.78, 5) is 23.0. The maximum atomic E-state index is 12.1. The number of methoxy groups -OCH3 is 1. The van der Waals surface area contributed by atoms with Gasteiger partial charge in [-0.2, -0.15) is 0 Å². The minimum atomic E-state index is -0.670. The summed E-state index contributed by atoms with van der Waals surface area (Å²) < 4.78 is 5.18. The van der Waals surface area contributed by atoms with Crippen LogP contribution < -0.4 is 26.4 Å². The van der Waals surface area contributed by atoms with Gasteiger partial charge in [-0.3, -0.25) is 4.79 Å². The number of ether oxygens (including phenoxy) is 1. The van der Waals surface area contributed by atoms with E-state index < -0.39 is 6.03 Å². The summed E-state index contributed by atoms with van der Waals surface area (Å²) >= 11 is 0. The molecule has 1 atom stereocenters. The normalized spacial score (nSPS) is 17.9. The molecule has 7 nitrogen and oxygen atoms in total. The zero-order chi connectivity index (χ0) is 15.2. The molecule has 0 bridgehead atoms. The lowest BCUT2D eigenvalue weighted by molar-refractivity contribution is -0.118. The van der Waals surface area contributed by atoms with Crippen LogP contribution in [0.5, 0.6) is 5.75 Å². The molecule has 5 N–H and O–H groups in total. The fraction of sp³-hybridized carbons (Fsp3) is 0.429. The lowest BCUT2D eigenvalue weighted by Crippen LogP contribution is -2.43. The van der Waals surface area contributed by atoms with Crippen molar-refractivity contribution < 1.29 is 14.3 Å². The zero-order valence-electron chi connectivity index (χ0n) is 11.9. The highest BCUT2D eigenvalue weighted by atomic mass is 16.5. The number of nitrogens with one attached hydrogen (secondary N) is 3. The smallest absolute Gasteiger partial charge is 0.316 e. The van der Waals surface area contributed by atoms with Gasteiger partial charge in [0.1, 0.15) is 5.75 Å². The number of hydrogen-bond acceptors (Lipinski definition) is 4. The number of anilines is 2. The van der Waals surface area contributed by atoms with Crippen molar-refractivity contribution in [1.29, 1.82) is 0 Å². The highest BCUT2D eigenvalue weighted by Crippen LogP contribution is 2.28. The average molecular weight is 292 g/mol. The van der Waals surface area contributed by atoms with Crippen LogP contribution in [-0.2, 0) is 4.79 Å². The number of amides is 3. The first-order valence-electron chi connectivity index (χ1n) is 6.89. The molecule has 1 aliphatic heterocycles. The van der Waals surface area contributed by atoms with Gasteiger partial charge in [-0.05, 0) is 31.5 Å². The van der Waals surface area contributed by atoms with E-state index in [1.54, 1.807) is 18.2 Å². The highest BCUT2D eigenvalue weighted by Gasteiger charge is 2.20. The van der Waals surface area contributed by atoms with Crippen LogP contribution in [0, 0.1) is 0 Å². The lowest BCUT2D eigenvalue weighted by Gasteiger charge is -2.22. The molecule has 1 saturated heterocycles. The van der Waals surface area contributed by atoms with Crippen molar-refractivity contribution in [2.24, 2.45) is 5.73 Å². The number of hydrogen-bond donors (Lipinski definition) is 4. The van der Waals surface area contributed by atoms with Crippen LogP contribution in [0.4, 0.5) is 16.2 Å². The first-order chi connectivity index (χ1) is 10.1. The van der Waals surface area contributed by atoms with E-state index in [4.69, 9.17) is 10.5 Å². The second-order valence-corrected chi connectivity index (χ2v) is 4.90. The van der Waals surface area contributed by atoms with Crippen molar-refractivity contribution in [3.05, 3.63) is 18.2 Å². The van der Waals surface area contributed by atoms with Gasteiger partial charge in [-0.25, -0.2) is 4.79 Å². The molecule has 7 heteroatoms. The first-order valence-corrected chi connectivity index (χ1v) is 6.89. The van der Waals surface area contributed by atoms with Crippen LogP contribution in [0.3, 0.4) is 0 Å². The average Bonchev–Trinajstić information content (AvgIpc) is 2.49. The Labute approximate surface area is 123 Å². The Morgan fingerprint density at radius 3 is 2.76 bits per heavy atom. The summed E-state index contributed by atoms with van der Waals surface area (Å²) in [5.41, 5.74) is 6.15. The van der Waals surface area contributed by atoms with Gasteiger partial charge in [-0.1, -0.05) is 6.42 Å². The second-order valence-electron chi connectivity index (χ2n) is 4.90. The number of piperidine rings is 1. The number of carbonyl (C=O) groups is 2. The van der Waals surface area contributed by atoms with Gasteiger partial charge in [0.2, 0.25) is 5.91 Å². The van der Waals surface area contributed by atoms with Crippen molar-refractivity contribution in [2.45, 2.75) is 25.3 Å². The van der Waals surface area contributed by atoms with Gasteiger partial charge >= 0.3 is 6.03 Å². The Bertz CT molecular complexity index is 527. The molecule has 21 heavy (non-hydrogen) atoms. The third-order valence-electron chi connectivity index (χ3n) is 3.35. The molecule has 1 heterocycles. The minimum Gasteiger partial charge on any atom is -0.494 e. The monoisotopic (exact) mass is 292 g/mol. The molecule has 1 aromatic rings. The molecule has 1 unspecified atom stereocenters. The maximum absolute atomic E-state index is 12.1. The first kappa shape index (κ1) is 15.1. The van der Waals surface area contributed by atoms with E-state index in [0.29, 0.717) is 17.1 Å². The molecule has 0 radical (unpaired) electrons. The Kier molecular flexibility index (Phi) is 4.99. The quantitative estimate of drug-likeness (QED) is 0.670. The van der Waals surface area contributed by atoms with Crippen LogP contribution in [0.2, 0.25) is 0 Å². The summed E-state index contributed by atoms with van der Waals surface area (Å²) in [7, 11) is 1.48. The molecular formula is C14H20N4O3. The predicted octanol–water partition coefficient (Wildman–Crippen LogP) is 1.27. The molecule has 114 valence electrons. The van der Waals surface area contributed by atoms with Crippen molar-refractivity contribution in [2.75, 3.05) is 24.3 Å². The molecule has 0 spiro atoms. The fourth-order valence-corrected chi connectivity index (χ4v) is 2.31. The van der Waals surface area contributed by atoms with E-state index in [2.05, 4.69) is 16.0 Å².